The number of carboxylic acids is 1. The molecule has 0 heterocycles. The molecule has 0 aliphatic rings. The molecule has 0 aliphatic heterocycles. The standard InChI is InChI=1S/C8H16N2O4/c1-2-3-9-4-7(12)10-6(5-11)8(13)14/h6,9,11H,2-5H2,1H3,(H,10,12)(H,13,14)/t6-/m1/s1. The highest BCUT2D eigenvalue weighted by atomic mass is 16.4. The molecule has 4 N–H and O–H groups in total. The minimum Gasteiger partial charge on any atom is -0.480 e. The molecule has 82 valence electrons. The zero-order chi connectivity index (χ0) is 11.0. The highest BCUT2D eigenvalue weighted by molar-refractivity contribution is 5.84. The molecule has 0 bridgehead atoms. The Morgan fingerprint density at radius 2 is 2.07 bits per heavy atom. The topological polar surface area (TPSA) is 98.7 Å². The van der Waals surface area contributed by atoms with Crippen molar-refractivity contribution in [2.45, 2.75) is 19.4 Å². The number of aliphatic hydroxyl groups excluding tert-OH is 1. The van der Waals surface area contributed by atoms with E-state index in [9.17, 15) is 9.59 Å². The number of aliphatic carboxylic acids is 1. The van der Waals surface area contributed by atoms with Crippen LogP contribution in [0, 0.1) is 0 Å². The van der Waals surface area contributed by atoms with Crippen molar-refractivity contribution >= 4 is 11.9 Å². The first kappa shape index (κ1) is 12.9. The lowest BCUT2D eigenvalue weighted by Gasteiger charge is -2.11. The van der Waals surface area contributed by atoms with Gasteiger partial charge in [-0.3, -0.25) is 4.79 Å². The molecule has 14 heavy (non-hydrogen) atoms. The number of hydrogen-bond acceptors (Lipinski definition) is 4. The predicted molar refractivity (Wildman–Crippen MR) is 49.8 cm³/mol. The van der Waals surface area contributed by atoms with E-state index >= 15 is 0 Å². The Labute approximate surface area is 82.3 Å². The van der Waals surface area contributed by atoms with Crippen LogP contribution in [0.1, 0.15) is 13.3 Å². The van der Waals surface area contributed by atoms with Gasteiger partial charge in [-0.1, -0.05) is 6.92 Å². The zero-order valence-electron chi connectivity index (χ0n) is 8.12. The molecule has 0 aromatic carbocycles. The number of hydrogen-bond donors (Lipinski definition) is 4. The number of carbonyl (C=O) groups excluding carboxylic acids is 1. The summed E-state index contributed by atoms with van der Waals surface area (Å²) < 4.78 is 0. The molecule has 0 aromatic heterocycles. The molecular formula is C8H16N2O4. The van der Waals surface area contributed by atoms with Crippen molar-refractivity contribution in [2.75, 3.05) is 19.7 Å². The van der Waals surface area contributed by atoms with Crippen LogP contribution in [-0.2, 0) is 9.59 Å². The number of amides is 1. The normalized spacial score (nSPS) is 12.1. The molecule has 0 unspecified atom stereocenters. The molecule has 0 aromatic rings. The second kappa shape index (κ2) is 7.28. The van der Waals surface area contributed by atoms with Crippen LogP contribution in [0.2, 0.25) is 0 Å². The van der Waals surface area contributed by atoms with E-state index in [-0.39, 0.29) is 6.54 Å². The molecular weight excluding hydrogens is 188 g/mol. The fourth-order valence-electron chi connectivity index (χ4n) is 0.810. The van der Waals surface area contributed by atoms with Gasteiger partial charge in [0.2, 0.25) is 5.91 Å². The van der Waals surface area contributed by atoms with Gasteiger partial charge in [-0.15, -0.1) is 0 Å². The molecule has 0 saturated heterocycles. The number of nitrogens with one attached hydrogen (secondary N) is 2. The van der Waals surface area contributed by atoms with Crippen molar-refractivity contribution in [1.82, 2.24) is 10.6 Å². The number of carbonyl (C=O) groups is 2. The molecule has 6 heteroatoms. The van der Waals surface area contributed by atoms with Crippen molar-refractivity contribution in [3.05, 3.63) is 0 Å². The molecule has 1 amide bonds. The monoisotopic (exact) mass is 204 g/mol. The van der Waals surface area contributed by atoms with Crippen LogP contribution in [0.15, 0.2) is 0 Å². The quantitative estimate of drug-likeness (QED) is 0.380. The second-order valence-corrected chi connectivity index (χ2v) is 2.82. The Balaban J connectivity index is 3.74. The largest absolute Gasteiger partial charge is 0.480 e. The molecule has 0 aliphatic carbocycles. The molecule has 6 nitrogen and oxygen atoms in total. The van der Waals surface area contributed by atoms with Crippen molar-refractivity contribution in [2.24, 2.45) is 0 Å². The van der Waals surface area contributed by atoms with Crippen LogP contribution in [0.3, 0.4) is 0 Å². The lowest BCUT2D eigenvalue weighted by atomic mass is 10.3. The second-order valence-electron chi connectivity index (χ2n) is 2.82. The summed E-state index contributed by atoms with van der Waals surface area (Å²) in [6.07, 6.45) is 0.898. The van der Waals surface area contributed by atoms with Gasteiger partial charge in [0.25, 0.3) is 0 Å². The summed E-state index contributed by atoms with van der Waals surface area (Å²) in [7, 11) is 0. The number of aliphatic hydroxyl groups is 1. The van der Waals surface area contributed by atoms with Crippen molar-refractivity contribution in [3.63, 3.8) is 0 Å². The van der Waals surface area contributed by atoms with Crippen LogP contribution in [-0.4, -0.2) is 47.8 Å². The van der Waals surface area contributed by atoms with Crippen LogP contribution in [0.4, 0.5) is 0 Å². The Hall–Kier alpha value is -1.14. The molecule has 0 radical (unpaired) electrons. The van der Waals surface area contributed by atoms with E-state index in [2.05, 4.69) is 10.6 Å². The number of rotatable bonds is 7. The van der Waals surface area contributed by atoms with Crippen LogP contribution >= 0.6 is 0 Å². The fourth-order valence-corrected chi connectivity index (χ4v) is 0.810. The van der Waals surface area contributed by atoms with Gasteiger partial charge >= 0.3 is 5.97 Å². The van der Waals surface area contributed by atoms with Crippen molar-refractivity contribution in [3.8, 4) is 0 Å². The molecule has 0 saturated carbocycles. The first-order chi connectivity index (χ1) is 6.61. The van der Waals surface area contributed by atoms with Gasteiger partial charge < -0.3 is 20.8 Å². The maximum Gasteiger partial charge on any atom is 0.328 e. The minimum atomic E-state index is -1.24. The van der Waals surface area contributed by atoms with E-state index in [4.69, 9.17) is 10.2 Å². The molecule has 0 rings (SSSR count). The minimum absolute atomic E-state index is 0.0671. The van der Waals surface area contributed by atoms with E-state index in [1.165, 1.54) is 0 Å². The highest BCUT2D eigenvalue weighted by Gasteiger charge is 2.17. The number of carboxylic acid groups (broad SMARTS) is 1. The maximum absolute atomic E-state index is 11.0. The Morgan fingerprint density at radius 3 is 2.50 bits per heavy atom. The van der Waals surface area contributed by atoms with Gasteiger partial charge in [-0.05, 0) is 13.0 Å². The van der Waals surface area contributed by atoms with Crippen molar-refractivity contribution < 1.29 is 19.8 Å². The molecule has 0 spiro atoms. The maximum atomic E-state index is 11.0. The van der Waals surface area contributed by atoms with Crippen LogP contribution < -0.4 is 10.6 Å². The first-order valence-corrected chi connectivity index (χ1v) is 4.45. The average Bonchev–Trinajstić information content (AvgIpc) is 2.14. The molecule has 0 fully saturated rings. The third-order valence-corrected chi connectivity index (χ3v) is 1.53. The average molecular weight is 204 g/mol. The zero-order valence-corrected chi connectivity index (χ0v) is 8.12. The van der Waals surface area contributed by atoms with Gasteiger partial charge in [0.15, 0.2) is 0 Å². The Morgan fingerprint density at radius 1 is 1.43 bits per heavy atom. The first-order valence-electron chi connectivity index (χ1n) is 4.45. The van der Waals surface area contributed by atoms with Gasteiger partial charge in [0.1, 0.15) is 6.04 Å². The van der Waals surface area contributed by atoms with E-state index in [0.717, 1.165) is 6.42 Å². The summed E-state index contributed by atoms with van der Waals surface area (Å²) in [6, 6.07) is -1.22. The van der Waals surface area contributed by atoms with Gasteiger partial charge in [-0.2, -0.15) is 0 Å². The Bertz CT molecular complexity index is 196. The van der Waals surface area contributed by atoms with E-state index in [1.54, 1.807) is 0 Å². The summed E-state index contributed by atoms with van der Waals surface area (Å²) in [5.74, 6) is -1.67. The van der Waals surface area contributed by atoms with E-state index in [1.807, 2.05) is 6.92 Å². The van der Waals surface area contributed by atoms with Gasteiger partial charge in [0.05, 0.1) is 13.2 Å². The van der Waals surface area contributed by atoms with Crippen molar-refractivity contribution in [1.29, 1.82) is 0 Å². The Kier molecular flexibility index (Phi) is 6.69. The third-order valence-electron chi connectivity index (χ3n) is 1.53. The summed E-state index contributed by atoms with van der Waals surface area (Å²) in [5, 5.41) is 22.1. The van der Waals surface area contributed by atoms with Crippen LogP contribution in [0.5, 0.6) is 0 Å². The predicted octanol–water partition coefficient (Wildman–Crippen LogP) is -1.45. The van der Waals surface area contributed by atoms with Gasteiger partial charge in [-0.25, -0.2) is 4.79 Å². The molecule has 1 atom stereocenters. The third kappa shape index (κ3) is 5.50. The SMILES string of the molecule is CCCNCC(=O)N[C@H](CO)C(=O)O. The summed E-state index contributed by atoms with van der Waals surface area (Å²) >= 11 is 0. The van der Waals surface area contributed by atoms with Crippen LogP contribution in [0.25, 0.3) is 0 Å². The highest BCUT2D eigenvalue weighted by Crippen LogP contribution is 1.81. The summed E-state index contributed by atoms with van der Waals surface area (Å²) in [5.41, 5.74) is 0. The summed E-state index contributed by atoms with van der Waals surface area (Å²) in [4.78, 5) is 21.4. The van der Waals surface area contributed by atoms with E-state index < -0.39 is 24.5 Å². The lowest BCUT2D eigenvalue weighted by molar-refractivity contribution is -0.142. The summed E-state index contributed by atoms with van der Waals surface area (Å²) in [6.45, 7) is 2.12. The lowest BCUT2D eigenvalue weighted by Crippen LogP contribution is -2.46. The van der Waals surface area contributed by atoms with E-state index in [0.29, 0.717) is 6.54 Å². The smallest absolute Gasteiger partial charge is 0.328 e. The van der Waals surface area contributed by atoms with Gasteiger partial charge in [0, 0.05) is 0 Å². The fraction of sp³-hybridized carbons (Fsp3) is 0.750.